The van der Waals surface area contributed by atoms with E-state index in [-0.39, 0.29) is 0 Å². The summed E-state index contributed by atoms with van der Waals surface area (Å²) >= 11 is 0. The van der Waals surface area contributed by atoms with Crippen molar-refractivity contribution in [1.82, 2.24) is 24.9 Å². The van der Waals surface area contributed by atoms with E-state index in [0.717, 1.165) is 5.69 Å². The van der Waals surface area contributed by atoms with Gasteiger partial charge in [0.2, 0.25) is 0 Å². The van der Waals surface area contributed by atoms with Crippen molar-refractivity contribution in [3.05, 3.63) is 48.3 Å². The van der Waals surface area contributed by atoms with E-state index in [0.29, 0.717) is 34.0 Å². The van der Waals surface area contributed by atoms with Crippen molar-refractivity contribution in [3.63, 3.8) is 0 Å². The molecule has 0 aromatic carbocycles. The summed E-state index contributed by atoms with van der Waals surface area (Å²) in [6, 6.07) is 7.00. The van der Waals surface area contributed by atoms with Crippen molar-refractivity contribution in [2.24, 2.45) is 4.36 Å². The highest BCUT2D eigenvalue weighted by Crippen LogP contribution is 2.24. The van der Waals surface area contributed by atoms with Crippen molar-refractivity contribution < 1.29 is 4.21 Å². The van der Waals surface area contributed by atoms with Crippen LogP contribution in [0.4, 0.5) is 23.3 Å². The minimum absolute atomic E-state index is 0.439. The summed E-state index contributed by atoms with van der Waals surface area (Å²) in [5.74, 6) is 2.81. The third-order valence-electron chi connectivity index (χ3n) is 3.66. The van der Waals surface area contributed by atoms with Crippen LogP contribution in [0.15, 0.2) is 46.0 Å². The Kier molecular flexibility index (Phi) is 5.26. The van der Waals surface area contributed by atoms with E-state index in [2.05, 4.69) is 39.9 Å². The first-order valence-electron chi connectivity index (χ1n) is 8.11. The van der Waals surface area contributed by atoms with Crippen molar-refractivity contribution in [1.29, 1.82) is 0 Å². The minimum Gasteiger partial charge on any atom is -0.325 e. The molecule has 27 heavy (non-hydrogen) atoms. The van der Waals surface area contributed by atoms with Crippen LogP contribution in [0.25, 0.3) is 0 Å². The van der Waals surface area contributed by atoms with Crippen LogP contribution in [0.5, 0.6) is 0 Å². The van der Waals surface area contributed by atoms with E-state index >= 15 is 0 Å². The topological polar surface area (TPSA) is 118 Å². The average Bonchev–Trinajstić information content (AvgIpc) is 2.61. The highest BCUT2D eigenvalue weighted by Gasteiger charge is 2.13. The summed E-state index contributed by atoms with van der Waals surface area (Å²) in [6.45, 7) is 3.73. The summed E-state index contributed by atoms with van der Waals surface area (Å²) < 4.78 is 16.6. The molecule has 10 heteroatoms. The van der Waals surface area contributed by atoms with Gasteiger partial charge in [0.25, 0.3) is 0 Å². The fourth-order valence-corrected chi connectivity index (χ4v) is 3.41. The maximum atomic E-state index is 12.6. The molecular formula is C17H20N8OS. The van der Waals surface area contributed by atoms with Gasteiger partial charge in [0.05, 0.1) is 14.6 Å². The molecule has 0 amide bonds. The lowest BCUT2D eigenvalue weighted by Crippen LogP contribution is -2.06. The lowest BCUT2D eigenvalue weighted by Gasteiger charge is -2.12. The predicted octanol–water partition coefficient (Wildman–Crippen LogP) is 2.85. The molecule has 0 aliphatic heterocycles. The standard InChI is InChI=1S/C17H20N8OS/c1-11-8-16(23-12(2)22-11)24-14-9-15(21-10-20-14)25-17-13(6-5-7-19-17)27(4,26)18-3/h5-10H,1-4H3,(H2,19,20,21,22,23,24,25). The van der Waals surface area contributed by atoms with Gasteiger partial charge in [0.15, 0.2) is 0 Å². The Morgan fingerprint density at radius 2 is 1.74 bits per heavy atom. The van der Waals surface area contributed by atoms with E-state index in [1.165, 1.54) is 13.4 Å². The average molecular weight is 384 g/mol. The molecule has 0 saturated carbocycles. The summed E-state index contributed by atoms with van der Waals surface area (Å²) in [5.41, 5.74) is 0.858. The first-order valence-corrected chi connectivity index (χ1v) is 10.0. The number of nitrogens with zero attached hydrogens (tertiary/aromatic N) is 6. The number of hydrogen-bond acceptors (Lipinski definition) is 9. The molecule has 0 spiro atoms. The molecule has 2 N–H and O–H groups in total. The molecule has 140 valence electrons. The van der Waals surface area contributed by atoms with Crippen LogP contribution >= 0.6 is 0 Å². The van der Waals surface area contributed by atoms with E-state index in [1.807, 2.05) is 19.9 Å². The fourth-order valence-electron chi connectivity index (χ4n) is 2.42. The van der Waals surface area contributed by atoms with E-state index < -0.39 is 9.73 Å². The quantitative estimate of drug-likeness (QED) is 0.689. The zero-order valence-corrected chi connectivity index (χ0v) is 16.3. The van der Waals surface area contributed by atoms with Gasteiger partial charge in [-0.25, -0.2) is 33.5 Å². The Hall–Kier alpha value is -3.14. The predicted molar refractivity (Wildman–Crippen MR) is 105 cm³/mol. The summed E-state index contributed by atoms with van der Waals surface area (Å²) in [6.07, 6.45) is 4.60. The Morgan fingerprint density at radius 3 is 2.44 bits per heavy atom. The number of aromatic nitrogens is 5. The summed E-state index contributed by atoms with van der Waals surface area (Å²) in [4.78, 5) is 21.8. The lowest BCUT2D eigenvalue weighted by atomic mass is 10.4. The van der Waals surface area contributed by atoms with Crippen LogP contribution in [-0.2, 0) is 9.73 Å². The van der Waals surface area contributed by atoms with Crippen molar-refractivity contribution >= 4 is 33.0 Å². The lowest BCUT2D eigenvalue weighted by molar-refractivity contribution is 0.680. The molecule has 0 aliphatic carbocycles. The second-order valence-corrected chi connectivity index (χ2v) is 8.23. The van der Waals surface area contributed by atoms with Gasteiger partial charge >= 0.3 is 0 Å². The largest absolute Gasteiger partial charge is 0.325 e. The molecular weight excluding hydrogens is 364 g/mol. The van der Waals surface area contributed by atoms with Crippen LogP contribution in [0.1, 0.15) is 11.5 Å². The Balaban J connectivity index is 1.88. The van der Waals surface area contributed by atoms with Gasteiger partial charge in [0.1, 0.15) is 35.4 Å². The molecule has 0 radical (unpaired) electrons. The first kappa shape index (κ1) is 18.6. The van der Waals surface area contributed by atoms with Crippen LogP contribution in [0, 0.1) is 13.8 Å². The maximum Gasteiger partial charge on any atom is 0.148 e. The molecule has 0 aliphatic rings. The number of pyridine rings is 1. The zero-order chi connectivity index (χ0) is 19.4. The van der Waals surface area contributed by atoms with Gasteiger partial charge in [-0.3, -0.25) is 0 Å². The van der Waals surface area contributed by atoms with Crippen LogP contribution < -0.4 is 10.6 Å². The van der Waals surface area contributed by atoms with Gasteiger partial charge in [-0.05, 0) is 26.0 Å². The van der Waals surface area contributed by atoms with Gasteiger partial charge in [-0.1, -0.05) is 0 Å². The smallest absolute Gasteiger partial charge is 0.148 e. The molecule has 1 atom stereocenters. The number of hydrogen-bond donors (Lipinski definition) is 2. The van der Waals surface area contributed by atoms with E-state index in [9.17, 15) is 4.21 Å². The van der Waals surface area contributed by atoms with Crippen LogP contribution in [0.2, 0.25) is 0 Å². The van der Waals surface area contributed by atoms with E-state index in [1.54, 1.807) is 30.7 Å². The normalized spacial score (nSPS) is 12.9. The molecule has 3 aromatic heterocycles. The SMILES string of the molecule is CN=S(C)(=O)c1cccnc1Nc1cc(Nc2cc(C)nc(C)n2)ncn1. The van der Waals surface area contributed by atoms with Crippen LogP contribution in [-0.4, -0.2) is 42.4 Å². The molecule has 3 aromatic rings. The molecule has 0 saturated heterocycles. The maximum absolute atomic E-state index is 12.6. The van der Waals surface area contributed by atoms with Gasteiger partial charge in [-0.15, -0.1) is 0 Å². The molecule has 3 rings (SSSR count). The fraction of sp³-hybridized carbons (Fsp3) is 0.235. The monoisotopic (exact) mass is 384 g/mol. The van der Waals surface area contributed by atoms with Crippen molar-refractivity contribution in [2.45, 2.75) is 18.7 Å². The highest BCUT2D eigenvalue weighted by molar-refractivity contribution is 7.93. The van der Waals surface area contributed by atoms with Crippen molar-refractivity contribution in [3.8, 4) is 0 Å². The molecule has 0 bridgehead atoms. The van der Waals surface area contributed by atoms with Gasteiger partial charge < -0.3 is 10.6 Å². The number of rotatable bonds is 5. The van der Waals surface area contributed by atoms with Crippen molar-refractivity contribution in [2.75, 3.05) is 23.9 Å². The molecule has 1 unspecified atom stereocenters. The second kappa shape index (κ2) is 7.62. The Labute approximate surface area is 157 Å². The zero-order valence-electron chi connectivity index (χ0n) is 15.5. The minimum atomic E-state index is -2.54. The van der Waals surface area contributed by atoms with Gasteiger partial charge in [0, 0.05) is 37.3 Å². The second-order valence-electron chi connectivity index (χ2n) is 5.82. The number of aryl methyl sites for hydroxylation is 2. The summed E-state index contributed by atoms with van der Waals surface area (Å²) in [7, 11) is -1.02. The number of nitrogens with one attached hydrogen (secondary N) is 2. The third kappa shape index (κ3) is 4.53. The number of anilines is 4. The highest BCUT2D eigenvalue weighted by atomic mass is 32.2. The third-order valence-corrected chi connectivity index (χ3v) is 5.51. The first-order chi connectivity index (χ1) is 12.9. The molecule has 3 heterocycles. The van der Waals surface area contributed by atoms with E-state index in [4.69, 9.17) is 0 Å². The molecule has 9 nitrogen and oxygen atoms in total. The Bertz CT molecular complexity index is 1070. The summed E-state index contributed by atoms with van der Waals surface area (Å²) in [5, 5.41) is 6.22. The Morgan fingerprint density at radius 1 is 1.00 bits per heavy atom. The molecule has 0 fully saturated rings. The van der Waals surface area contributed by atoms with Crippen LogP contribution in [0.3, 0.4) is 0 Å². The van der Waals surface area contributed by atoms with Gasteiger partial charge in [-0.2, -0.15) is 0 Å².